The maximum atomic E-state index is 13.2. The number of benzene rings is 2. The highest BCUT2D eigenvalue weighted by atomic mass is 35.5. The molecular formula is C28H20Cl2N2O4. The molecule has 2 aromatic heterocycles. The molecule has 1 aliphatic carbocycles. The Morgan fingerprint density at radius 3 is 2.31 bits per heavy atom. The smallest absolute Gasteiger partial charge is 0.237 e. The van der Waals surface area contributed by atoms with E-state index in [4.69, 9.17) is 32.6 Å². The Morgan fingerprint density at radius 2 is 1.67 bits per heavy atom. The lowest BCUT2D eigenvalue weighted by Crippen LogP contribution is -2.34. The molecule has 180 valence electrons. The number of hydrogen-bond acceptors (Lipinski definition) is 5. The summed E-state index contributed by atoms with van der Waals surface area (Å²) in [5.74, 6) is -2.00. The van der Waals surface area contributed by atoms with Crippen LogP contribution in [0.15, 0.2) is 59.0 Å². The Labute approximate surface area is 216 Å². The van der Waals surface area contributed by atoms with Crippen molar-refractivity contribution in [1.29, 1.82) is 0 Å². The largest absolute Gasteiger partial charge is 0.432 e. The summed E-state index contributed by atoms with van der Waals surface area (Å²) in [7, 11) is 0. The van der Waals surface area contributed by atoms with Gasteiger partial charge in [-0.1, -0.05) is 67.4 Å². The van der Waals surface area contributed by atoms with Crippen molar-refractivity contribution in [3.05, 3.63) is 70.4 Å². The first-order valence-electron chi connectivity index (χ1n) is 11.7. The van der Waals surface area contributed by atoms with Gasteiger partial charge in [0.05, 0.1) is 22.9 Å². The van der Waals surface area contributed by atoms with E-state index in [0.717, 1.165) is 10.5 Å². The molecule has 2 aromatic carbocycles. The molecule has 1 aliphatic heterocycles. The van der Waals surface area contributed by atoms with Gasteiger partial charge in [0.25, 0.3) is 0 Å². The van der Waals surface area contributed by atoms with Gasteiger partial charge < -0.3 is 4.42 Å². The number of nitrogens with zero attached hydrogens (tertiary/aromatic N) is 2. The second-order valence-corrected chi connectivity index (χ2v) is 10.3. The number of carbonyl (C=O) groups excluding carboxylic acids is 3. The van der Waals surface area contributed by atoms with Crippen LogP contribution in [0.1, 0.15) is 30.8 Å². The Balaban J connectivity index is 1.67. The number of anilines is 1. The van der Waals surface area contributed by atoms with Gasteiger partial charge in [0.1, 0.15) is 5.69 Å². The van der Waals surface area contributed by atoms with Crippen LogP contribution < -0.4 is 4.90 Å². The average Bonchev–Trinajstić information content (AvgIpc) is 3.53. The molecular weight excluding hydrogens is 499 g/mol. The molecule has 36 heavy (non-hydrogen) atoms. The molecule has 1 saturated heterocycles. The SMILES string of the molecule is CC(C)C(=O)c1oc2nc(-c3ccccc3Cl)c(-c3ccc(Cl)cc3)cc2c1N1C(=O)C2CC2C1=O. The molecule has 3 heterocycles. The standard InChI is InChI=1S/C28H20Cl2N2O4/c1-13(2)24(33)25-23(32-27(34)18-12-19(18)28(32)35)20-11-17(14-7-9-15(29)10-8-14)22(31-26(20)36-25)16-5-3-4-6-21(16)30/h3-11,13,18-19H,12H2,1-2H3. The molecule has 6 nitrogen and oxygen atoms in total. The zero-order valence-corrected chi connectivity index (χ0v) is 20.9. The fourth-order valence-electron chi connectivity index (χ4n) is 4.77. The van der Waals surface area contributed by atoms with Crippen LogP contribution >= 0.6 is 23.2 Å². The monoisotopic (exact) mass is 518 g/mol. The van der Waals surface area contributed by atoms with Crippen LogP contribution in [0.25, 0.3) is 33.5 Å². The summed E-state index contributed by atoms with van der Waals surface area (Å²) in [6, 6.07) is 16.3. The number of piperidine rings is 1. The van der Waals surface area contributed by atoms with E-state index in [1.165, 1.54) is 0 Å². The summed E-state index contributed by atoms with van der Waals surface area (Å²) >= 11 is 12.7. The van der Waals surface area contributed by atoms with Crippen LogP contribution in [0.4, 0.5) is 5.69 Å². The van der Waals surface area contributed by atoms with Gasteiger partial charge in [-0.2, -0.15) is 0 Å². The number of pyridine rings is 1. The molecule has 2 unspecified atom stereocenters. The summed E-state index contributed by atoms with van der Waals surface area (Å²) in [6.45, 7) is 3.48. The van der Waals surface area contributed by atoms with Crippen LogP contribution in [0.2, 0.25) is 10.0 Å². The minimum Gasteiger partial charge on any atom is -0.432 e. The molecule has 0 N–H and O–H groups in total. The Hall–Kier alpha value is -3.48. The van der Waals surface area contributed by atoms with Crippen molar-refractivity contribution < 1.29 is 18.8 Å². The number of rotatable bonds is 5. The van der Waals surface area contributed by atoms with Crippen LogP contribution in [-0.2, 0) is 9.59 Å². The van der Waals surface area contributed by atoms with E-state index >= 15 is 0 Å². The van der Waals surface area contributed by atoms with Gasteiger partial charge >= 0.3 is 0 Å². The van der Waals surface area contributed by atoms with Crippen molar-refractivity contribution in [2.75, 3.05) is 4.90 Å². The van der Waals surface area contributed by atoms with Gasteiger partial charge in [-0.3, -0.25) is 14.4 Å². The van der Waals surface area contributed by atoms with Gasteiger partial charge in [-0.05, 0) is 36.2 Å². The minimum absolute atomic E-state index is 0.0335. The number of carbonyl (C=O) groups is 3. The van der Waals surface area contributed by atoms with E-state index < -0.39 is 5.92 Å². The maximum Gasteiger partial charge on any atom is 0.237 e. The van der Waals surface area contributed by atoms with Gasteiger partial charge in [0, 0.05) is 27.1 Å². The first kappa shape index (κ1) is 23.0. The van der Waals surface area contributed by atoms with Gasteiger partial charge in [-0.25, -0.2) is 9.88 Å². The number of furan rings is 1. The lowest BCUT2D eigenvalue weighted by Gasteiger charge is -2.17. The number of aromatic nitrogens is 1. The highest BCUT2D eigenvalue weighted by molar-refractivity contribution is 6.33. The van der Waals surface area contributed by atoms with Crippen molar-refractivity contribution in [3.8, 4) is 22.4 Å². The Morgan fingerprint density at radius 1 is 1.00 bits per heavy atom. The molecule has 2 atom stereocenters. The highest BCUT2D eigenvalue weighted by Crippen LogP contribution is 2.51. The van der Waals surface area contributed by atoms with Crippen molar-refractivity contribution >= 4 is 57.6 Å². The number of hydrogen-bond donors (Lipinski definition) is 0. The first-order valence-corrected chi connectivity index (χ1v) is 12.4. The second-order valence-electron chi connectivity index (χ2n) is 9.48. The van der Waals surface area contributed by atoms with E-state index in [-0.39, 0.29) is 46.6 Å². The molecule has 0 spiro atoms. The number of halogens is 2. The van der Waals surface area contributed by atoms with Crippen LogP contribution in [0.3, 0.4) is 0 Å². The van der Waals surface area contributed by atoms with Gasteiger partial charge in [-0.15, -0.1) is 0 Å². The summed E-state index contributed by atoms with van der Waals surface area (Å²) in [6.07, 6.45) is 0.558. The molecule has 2 aliphatic rings. The molecule has 8 heteroatoms. The molecule has 4 aromatic rings. The summed E-state index contributed by atoms with van der Waals surface area (Å²) in [5.41, 5.74) is 3.05. The van der Waals surface area contributed by atoms with Crippen molar-refractivity contribution in [3.63, 3.8) is 0 Å². The van der Waals surface area contributed by atoms with Crippen molar-refractivity contribution in [2.24, 2.45) is 17.8 Å². The number of ketones is 1. The third kappa shape index (κ3) is 3.47. The number of fused-ring (bicyclic) bond motifs is 2. The number of imide groups is 1. The predicted molar refractivity (Wildman–Crippen MR) is 138 cm³/mol. The first-order chi connectivity index (χ1) is 17.3. The van der Waals surface area contributed by atoms with E-state index in [1.807, 2.05) is 36.4 Å². The fraction of sp³-hybridized carbons (Fsp3) is 0.214. The molecule has 0 radical (unpaired) electrons. The summed E-state index contributed by atoms with van der Waals surface area (Å²) in [4.78, 5) is 45.3. The molecule has 2 amide bonds. The Kier molecular flexibility index (Phi) is 5.28. The average molecular weight is 519 g/mol. The third-order valence-corrected chi connectivity index (χ3v) is 7.36. The lowest BCUT2D eigenvalue weighted by molar-refractivity contribution is -0.123. The summed E-state index contributed by atoms with van der Waals surface area (Å²) in [5, 5.41) is 1.49. The van der Waals surface area contributed by atoms with Crippen LogP contribution in [0.5, 0.6) is 0 Å². The Bertz CT molecular complexity index is 1570. The molecule has 1 saturated carbocycles. The quantitative estimate of drug-likeness (QED) is 0.214. The van der Waals surface area contributed by atoms with Crippen LogP contribution in [-0.4, -0.2) is 22.6 Å². The van der Waals surface area contributed by atoms with Crippen molar-refractivity contribution in [2.45, 2.75) is 20.3 Å². The molecule has 2 fully saturated rings. The topological polar surface area (TPSA) is 80.5 Å². The minimum atomic E-state index is -0.412. The van der Waals surface area contributed by atoms with Gasteiger partial charge in [0.15, 0.2) is 5.76 Å². The zero-order valence-electron chi connectivity index (χ0n) is 19.4. The summed E-state index contributed by atoms with van der Waals surface area (Å²) < 4.78 is 6.02. The lowest BCUT2D eigenvalue weighted by atomic mass is 9.97. The van der Waals surface area contributed by atoms with E-state index in [9.17, 15) is 14.4 Å². The zero-order chi connectivity index (χ0) is 25.3. The van der Waals surface area contributed by atoms with E-state index in [2.05, 4.69) is 0 Å². The van der Waals surface area contributed by atoms with E-state index in [0.29, 0.717) is 38.7 Å². The molecule has 0 bridgehead atoms. The normalized spacial score (nSPS) is 18.9. The fourth-order valence-corrected chi connectivity index (χ4v) is 5.12. The van der Waals surface area contributed by atoms with Gasteiger partial charge in [0.2, 0.25) is 23.3 Å². The van der Waals surface area contributed by atoms with Crippen LogP contribution in [0, 0.1) is 17.8 Å². The number of amides is 2. The maximum absolute atomic E-state index is 13.2. The third-order valence-electron chi connectivity index (χ3n) is 6.78. The molecule has 6 rings (SSSR count). The van der Waals surface area contributed by atoms with E-state index in [1.54, 1.807) is 32.0 Å². The number of Topliss-reactive ketones (excluding diaryl/α,β-unsaturated/α-hetero) is 1. The second kappa shape index (κ2) is 8.29. The van der Waals surface area contributed by atoms with Crippen molar-refractivity contribution in [1.82, 2.24) is 4.98 Å². The predicted octanol–water partition coefficient (Wildman–Crippen LogP) is 6.82. The highest BCUT2D eigenvalue weighted by Gasteiger charge is 2.60.